The van der Waals surface area contributed by atoms with Crippen LogP contribution in [0.25, 0.3) is 10.2 Å². The van der Waals surface area contributed by atoms with Crippen LogP contribution in [0.4, 0.5) is 5.82 Å². The molecule has 21 heavy (non-hydrogen) atoms. The molecule has 0 amide bonds. The highest BCUT2D eigenvalue weighted by atomic mass is 32.1. The molecule has 0 spiro atoms. The molecule has 0 radical (unpaired) electrons. The molecule has 6 heteroatoms. The van der Waals surface area contributed by atoms with Gasteiger partial charge in [0.1, 0.15) is 23.0 Å². The maximum atomic E-state index is 12.2. The van der Waals surface area contributed by atoms with Crippen LogP contribution < -0.4 is 4.90 Å². The first kappa shape index (κ1) is 14.3. The highest BCUT2D eigenvalue weighted by molar-refractivity contribution is 7.18. The van der Waals surface area contributed by atoms with Gasteiger partial charge in [-0.2, -0.15) is 0 Å². The summed E-state index contributed by atoms with van der Waals surface area (Å²) < 4.78 is 5.23. The Kier molecular flexibility index (Phi) is 4.05. The van der Waals surface area contributed by atoms with Crippen molar-refractivity contribution in [2.75, 3.05) is 18.1 Å². The van der Waals surface area contributed by atoms with Gasteiger partial charge in [0.05, 0.1) is 12.0 Å². The lowest BCUT2D eigenvalue weighted by atomic mass is 10.0. The smallest absolute Gasteiger partial charge is 0.328 e. The van der Waals surface area contributed by atoms with Crippen LogP contribution in [0.1, 0.15) is 31.1 Å². The molecule has 112 valence electrons. The minimum atomic E-state index is -0.225. The zero-order chi connectivity index (χ0) is 14.8. The van der Waals surface area contributed by atoms with Gasteiger partial charge in [0.15, 0.2) is 0 Å². The molecule has 3 rings (SSSR count). The number of hydrogen-bond acceptors (Lipinski definition) is 6. The number of nitrogens with zero attached hydrogens (tertiary/aromatic N) is 3. The van der Waals surface area contributed by atoms with E-state index in [0.717, 1.165) is 41.8 Å². The van der Waals surface area contributed by atoms with E-state index in [1.165, 1.54) is 4.88 Å². The number of rotatable bonds is 3. The third kappa shape index (κ3) is 2.72. The minimum Gasteiger partial charge on any atom is -0.464 e. The van der Waals surface area contributed by atoms with Crippen molar-refractivity contribution in [3.8, 4) is 0 Å². The van der Waals surface area contributed by atoms with Gasteiger partial charge in [-0.25, -0.2) is 14.8 Å². The van der Waals surface area contributed by atoms with Gasteiger partial charge >= 0.3 is 5.97 Å². The molecule has 2 aromatic rings. The Morgan fingerprint density at radius 2 is 2.33 bits per heavy atom. The lowest BCUT2D eigenvalue weighted by Gasteiger charge is -2.35. The van der Waals surface area contributed by atoms with Gasteiger partial charge in [-0.15, -0.1) is 11.3 Å². The fourth-order valence-corrected chi connectivity index (χ4v) is 3.70. The highest BCUT2D eigenvalue weighted by Gasteiger charge is 2.31. The zero-order valence-corrected chi connectivity index (χ0v) is 13.2. The van der Waals surface area contributed by atoms with Crippen molar-refractivity contribution in [3.63, 3.8) is 0 Å². The fourth-order valence-electron chi connectivity index (χ4n) is 2.86. The molecule has 1 aliphatic rings. The van der Waals surface area contributed by atoms with E-state index in [1.54, 1.807) is 17.7 Å². The van der Waals surface area contributed by atoms with Crippen LogP contribution in [0, 0.1) is 6.92 Å². The summed E-state index contributed by atoms with van der Waals surface area (Å²) in [6.07, 6.45) is 4.54. The lowest BCUT2D eigenvalue weighted by molar-refractivity contribution is -0.145. The first-order valence-corrected chi connectivity index (χ1v) is 8.16. The van der Waals surface area contributed by atoms with Crippen LogP contribution in [0.15, 0.2) is 12.4 Å². The molecule has 0 N–H and O–H groups in total. The predicted molar refractivity (Wildman–Crippen MR) is 83.8 cm³/mol. The summed E-state index contributed by atoms with van der Waals surface area (Å²) in [5.41, 5.74) is 0. The number of piperidine rings is 1. The molecule has 1 fully saturated rings. The van der Waals surface area contributed by atoms with Gasteiger partial charge in [0.25, 0.3) is 0 Å². The predicted octanol–water partition coefficient (Wildman–Crippen LogP) is 2.92. The van der Waals surface area contributed by atoms with E-state index >= 15 is 0 Å². The molecule has 2 aromatic heterocycles. The maximum Gasteiger partial charge on any atom is 0.328 e. The second-order valence-corrected chi connectivity index (χ2v) is 6.46. The van der Waals surface area contributed by atoms with Crippen LogP contribution in [0.5, 0.6) is 0 Å². The number of aromatic nitrogens is 2. The van der Waals surface area contributed by atoms with Gasteiger partial charge in [-0.1, -0.05) is 0 Å². The average molecular weight is 305 g/mol. The second-order valence-electron chi connectivity index (χ2n) is 5.23. The van der Waals surface area contributed by atoms with Crippen LogP contribution in [-0.4, -0.2) is 35.1 Å². The van der Waals surface area contributed by atoms with Crippen LogP contribution in [0.3, 0.4) is 0 Å². The number of carbonyl (C=O) groups is 1. The van der Waals surface area contributed by atoms with Crippen molar-refractivity contribution in [1.82, 2.24) is 9.97 Å². The molecule has 0 aliphatic carbocycles. The molecule has 1 aliphatic heterocycles. The van der Waals surface area contributed by atoms with Gasteiger partial charge in [-0.05, 0) is 39.2 Å². The van der Waals surface area contributed by atoms with Crippen LogP contribution in [0.2, 0.25) is 0 Å². The van der Waals surface area contributed by atoms with E-state index in [1.807, 2.05) is 6.92 Å². The summed E-state index contributed by atoms with van der Waals surface area (Å²) >= 11 is 1.66. The molecular weight excluding hydrogens is 286 g/mol. The van der Waals surface area contributed by atoms with Gasteiger partial charge in [0, 0.05) is 11.4 Å². The van der Waals surface area contributed by atoms with E-state index in [2.05, 4.69) is 27.9 Å². The van der Waals surface area contributed by atoms with Gasteiger partial charge in [0.2, 0.25) is 0 Å². The maximum absolute atomic E-state index is 12.2. The van der Waals surface area contributed by atoms with E-state index in [-0.39, 0.29) is 12.0 Å². The van der Waals surface area contributed by atoms with Crippen LogP contribution >= 0.6 is 11.3 Å². The Balaban J connectivity index is 2.00. The Morgan fingerprint density at radius 1 is 1.48 bits per heavy atom. The summed E-state index contributed by atoms with van der Waals surface area (Å²) in [6.45, 7) is 5.16. The summed E-state index contributed by atoms with van der Waals surface area (Å²) in [7, 11) is 0. The number of ether oxygens (including phenoxy) is 1. The monoisotopic (exact) mass is 305 g/mol. The number of esters is 1. The van der Waals surface area contributed by atoms with Crippen molar-refractivity contribution in [3.05, 3.63) is 17.3 Å². The summed E-state index contributed by atoms with van der Waals surface area (Å²) in [5.74, 6) is 0.720. The number of anilines is 1. The average Bonchev–Trinajstić information content (AvgIpc) is 2.87. The quantitative estimate of drug-likeness (QED) is 0.816. The highest BCUT2D eigenvalue weighted by Crippen LogP contribution is 2.33. The SMILES string of the molecule is CCOC(=O)C1CCCCN1c1ncnc2sc(C)cc12. The molecule has 1 saturated heterocycles. The number of thiophene rings is 1. The molecular formula is C15H19N3O2S. The third-order valence-corrected chi connectivity index (χ3v) is 4.72. The number of carbonyl (C=O) groups excluding carboxylic acids is 1. The molecule has 0 aromatic carbocycles. The summed E-state index contributed by atoms with van der Waals surface area (Å²) in [6, 6.07) is 1.88. The van der Waals surface area contributed by atoms with Gasteiger partial charge in [-0.3, -0.25) is 0 Å². The van der Waals surface area contributed by atoms with E-state index in [9.17, 15) is 4.79 Å². The topological polar surface area (TPSA) is 55.3 Å². The van der Waals surface area contributed by atoms with Crippen molar-refractivity contribution >= 4 is 33.3 Å². The zero-order valence-electron chi connectivity index (χ0n) is 12.3. The second kappa shape index (κ2) is 5.97. The molecule has 0 bridgehead atoms. The van der Waals surface area contributed by atoms with Crippen molar-refractivity contribution in [1.29, 1.82) is 0 Å². The molecule has 0 saturated carbocycles. The first-order chi connectivity index (χ1) is 10.2. The van der Waals surface area contributed by atoms with E-state index in [4.69, 9.17) is 4.74 Å². The fraction of sp³-hybridized carbons (Fsp3) is 0.533. The molecule has 1 atom stereocenters. The number of hydrogen-bond donors (Lipinski definition) is 0. The Hall–Kier alpha value is -1.69. The van der Waals surface area contributed by atoms with Crippen molar-refractivity contribution < 1.29 is 9.53 Å². The van der Waals surface area contributed by atoms with Crippen molar-refractivity contribution in [2.45, 2.75) is 39.2 Å². The van der Waals surface area contributed by atoms with Crippen molar-refractivity contribution in [2.24, 2.45) is 0 Å². The first-order valence-electron chi connectivity index (χ1n) is 7.35. The third-order valence-electron chi connectivity index (χ3n) is 3.77. The Labute approximate surface area is 128 Å². The summed E-state index contributed by atoms with van der Waals surface area (Å²) in [5, 5.41) is 1.04. The Bertz CT molecular complexity index is 655. The largest absolute Gasteiger partial charge is 0.464 e. The Morgan fingerprint density at radius 3 is 3.14 bits per heavy atom. The molecule has 1 unspecified atom stereocenters. The number of aryl methyl sites for hydroxylation is 1. The molecule has 5 nitrogen and oxygen atoms in total. The van der Waals surface area contributed by atoms with E-state index in [0.29, 0.717) is 6.61 Å². The standard InChI is InChI=1S/C15H19N3O2S/c1-3-20-15(19)12-6-4-5-7-18(12)13-11-8-10(2)21-14(11)17-9-16-13/h8-9,12H,3-7H2,1-2H3. The molecule has 3 heterocycles. The van der Waals surface area contributed by atoms with Crippen LogP contribution in [-0.2, 0) is 9.53 Å². The number of fused-ring (bicyclic) bond motifs is 1. The van der Waals surface area contributed by atoms with E-state index < -0.39 is 0 Å². The summed E-state index contributed by atoms with van der Waals surface area (Å²) in [4.78, 5) is 25.3. The minimum absolute atomic E-state index is 0.143. The lowest BCUT2D eigenvalue weighted by Crippen LogP contribution is -2.46. The normalized spacial score (nSPS) is 19.0. The van der Waals surface area contributed by atoms with Gasteiger partial charge < -0.3 is 9.64 Å².